The third kappa shape index (κ3) is 2.08. The highest BCUT2D eigenvalue weighted by molar-refractivity contribution is 8.11. The van der Waals surface area contributed by atoms with Gasteiger partial charge in [0.05, 0.1) is 4.08 Å². The molecule has 1 saturated carbocycles. The van der Waals surface area contributed by atoms with Crippen LogP contribution in [0.3, 0.4) is 0 Å². The lowest BCUT2D eigenvalue weighted by atomic mass is 9.65. The molecular formula is C13H20OS2. The van der Waals surface area contributed by atoms with Crippen LogP contribution in [0.15, 0.2) is 11.6 Å². The van der Waals surface area contributed by atoms with Gasteiger partial charge in [-0.3, -0.25) is 4.79 Å². The summed E-state index contributed by atoms with van der Waals surface area (Å²) in [5.74, 6) is 1.53. The van der Waals surface area contributed by atoms with E-state index in [1.54, 1.807) is 0 Å². The Morgan fingerprint density at radius 2 is 2.19 bits per heavy atom. The van der Waals surface area contributed by atoms with Crippen molar-refractivity contribution in [2.24, 2.45) is 5.41 Å². The summed E-state index contributed by atoms with van der Waals surface area (Å²) in [6.45, 7) is 4.30. The van der Waals surface area contributed by atoms with Crippen LogP contribution in [0.5, 0.6) is 0 Å². The van der Waals surface area contributed by atoms with E-state index in [2.05, 4.69) is 19.9 Å². The summed E-state index contributed by atoms with van der Waals surface area (Å²) in [7, 11) is 0. The van der Waals surface area contributed by atoms with Crippen LogP contribution in [-0.2, 0) is 4.79 Å². The van der Waals surface area contributed by atoms with Crippen molar-refractivity contribution in [3.63, 3.8) is 0 Å². The fraction of sp³-hybridized carbons (Fsp3) is 0.769. The summed E-state index contributed by atoms with van der Waals surface area (Å²) in [4.78, 5) is 12.0. The first-order chi connectivity index (χ1) is 7.50. The van der Waals surface area contributed by atoms with Crippen LogP contribution < -0.4 is 0 Å². The van der Waals surface area contributed by atoms with Gasteiger partial charge in [0.1, 0.15) is 5.78 Å². The second-order valence-corrected chi connectivity index (χ2v) is 7.75. The molecule has 0 N–H and O–H groups in total. The van der Waals surface area contributed by atoms with E-state index >= 15 is 0 Å². The molecule has 2 unspecified atom stereocenters. The summed E-state index contributed by atoms with van der Waals surface area (Å²) in [5.41, 5.74) is 1.20. The van der Waals surface area contributed by atoms with Crippen molar-refractivity contribution in [1.29, 1.82) is 0 Å². The molecule has 0 bridgehead atoms. The van der Waals surface area contributed by atoms with Crippen molar-refractivity contribution in [3.05, 3.63) is 11.6 Å². The maximum absolute atomic E-state index is 12.0. The van der Waals surface area contributed by atoms with Gasteiger partial charge in [-0.2, -0.15) is 12.6 Å². The second kappa shape index (κ2) is 4.41. The smallest absolute Gasteiger partial charge is 0.142 e. The van der Waals surface area contributed by atoms with Gasteiger partial charge in [-0.05, 0) is 38.4 Å². The molecule has 90 valence electrons. The summed E-state index contributed by atoms with van der Waals surface area (Å²) >= 11 is 6.68. The minimum atomic E-state index is -0.154. The third-order valence-corrected chi connectivity index (χ3v) is 5.80. The van der Waals surface area contributed by atoms with E-state index in [9.17, 15) is 4.79 Å². The SMILES string of the molecule is CCSC1(S)C=C2CCCC(=O)C2(C)CC1. The van der Waals surface area contributed by atoms with E-state index in [-0.39, 0.29) is 9.49 Å². The average Bonchev–Trinajstić information content (AvgIpc) is 2.22. The Morgan fingerprint density at radius 1 is 1.44 bits per heavy atom. The summed E-state index contributed by atoms with van der Waals surface area (Å²) in [6, 6.07) is 0. The number of carbonyl (C=O) groups is 1. The Bertz CT molecular complexity index is 337. The predicted octanol–water partition coefficient (Wildman–Crippen LogP) is 3.85. The van der Waals surface area contributed by atoms with Gasteiger partial charge < -0.3 is 0 Å². The molecule has 3 heteroatoms. The minimum Gasteiger partial charge on any atom is -0.299 e. The molecule has 2 aliphatic carbocycles. The van der Waals surface area contributed by atoms with Gasteiger partial charge in [0.25, 0.3) is 0 Å². The molecule has 0 aromatic heterocycles. The van der Waals surface area contributed by atoms with Crippen LogP contribution in [0, 0.1) is 5.41 Å². The van der Waals surface area contributed by atoms with Crippen molar-refractivity contribution < 1.29 is 4.79 Å². The van der Waals surface area contributed by atoms with Gasteiger partial charge in [-0.15, -0.1) is 11.8 Å². The van der Waals surface area contributed by atoms with E-state index in [0.29, 0.717) is 5.78 Å². The van der Waals surface area contributed by atoms with Crippen LogP contribution in [0.2, 0.25) is 0 Å². The zero-order valence-corrected chi connectivity index (χ0v) is 11.8. The molecule has 0 aromatic carbocycles. The van der Waals surface area contributed by atoms with Gasteiger partial charge in [-0.25, -0.2) is 0 Å². The Kier molecular flexibility index (Phi) is 3.47. The number of thioether (sulfide) groups is 1. The molecule has 1 fully saturated rings. The van der Waals surface area contributed by atoms with Crippen LogP contribution in [-0.4, -0.2) is 15.6 Å². The third-order valence-electron chi connectivity index (χ3n) is 3.95. The van der Waals surface area contributed by atoms with Crippen LogP contribution in [0.4, 0.5) is 0 Å². The molecular weight excluding hydrogens is 236 g/mol. The number of fused-ring (bicyclic) bond motifs is 1. The van der Waals surface area contributed by atoms with E-state index in [1.165, 1.54) is 5.57 Å². The molecule has 0 amide bonds. The number of ketones is 1. The first-order valence-electron chi connectivity index (χ1n) is 6.12. The zero-order chi connectivity index (χ0) is 11.8. The highest BCUT2D eigenvalue weighted by Gasteiger charge is 2.44. The van der Waals surface area contributed by atoms with E-state index in [1.807, 2.05) is 11.8 Å². The normalized spacial score (nSPS) is 39.2. The van der Waals surface area contributed by atoms with Gasteiger partial charge in [0.2, 0.25) is 0 Å². The molecule has 0 aromatic rings. The number of hydrogen-bond donors (Lipinski definition) is 1. The monoisotopic (exact) mass is 256 g/mol. The van der Waals surface area contributed by atoms with Gasteiger partial charge in [0, 0.05) is 11.8 Å². The second-order valence-electron chi connectivity index (χ2n) is 5.06. The van der Waals surface area contributed by atoms with Crippen molar-refractivity contribution in [2.75, 3.05) is 5.75 Å². The molecule has 2 aliphatic rings. The molecule has 2 atom stereocenters. The number of allylic oxidation sites excluding steroid dienone is 1. The van der Waals surface area contributed by atoms with Crippen LogP contribution >= 0.6 is 24.4 Å². The maximum Gasteiger partial charge on any atom is 0.142 e. The highest BCUT2D eigenvalue weighted by atomic mass is 32.2. The standard InChI is InChI=1S/C13H20OS2/c1-3-16-13(15)8-7-12(2)10(9-13)5-4-6-11(12)14/h9,15H,3-8H2,1-2H3. The highest BCUT2D eigenvalue weighted by Crippen LogP contribution is 2.52. The zero-order valence-electron chi connectivity index (χ0n) is 10.1. The lowest BCUT2D eigenvalue weighted by Crippen LogP contribution is -2.39. The van der Waals surface area contributed by atoms with E-state index < -0.39 is 0 Å². The molecule has 0 saturated heterocycles. The summed E-state index contributed by atoms with van der Waals surface area (Å²) in [5, 5.41) is 0. The lowest BCUT2D eigenvalue weighted by Gasteiger charge is -2.43. The van der Waals surface area contributed by atoms with Crippen LogP contribution in [0.25, 0.3) is 0 Å². The molecule has 1 nitrogen and oxygen atoms in total. The van der Waals surface area contributed by atoms with Crippen molar-refractivity contribution >= 4 is 30.2 Å². The van der Waals surface area contributed by atoms with Crippen molar-refractivity contribution in [2.45, 2.75) is 50.0 Å². The Balaban J connectivity index is 2.30. The van der Waals surface area contributed by atoms with E-state index in [4.69, 9.17) is 12.6 Å². The average molecular weight is 256 g/mol. The largest absolute Gasteiger partial charge is 0.299 e. The van der Waals surface area contributed by atoms with Gasteiger partial charge >= 0.3 is 0 Å². The number of carbonyl (C=O) groups excluding carboxylic acids is 1. The molecule has 0 spiro atoms. The fourth-order valence-corrected chi connectivity index (χ4v) is 4.47. The van der Waals surface area contributed by atoms with Crippen molar-refractivity contribution in [1.82, 2.24) is 0 Å². The first-order valence-corrected chi connectivity index (χ1v) is 7.55. The first kappa shape index (κ1) is 12.6. The number of rotatable bonds is 2. The Labute approximate surface area is 108 Å². The summed E-state index contributed by atoms with van der Waals surface area (Å²) in [6.07, 6.45) is 7.17. The number of hydrogen-bond acceptors (Lipinski definition) is 3. The molecule has 2 rings (SSSR count). The molecule has 16 heavy (non-hydrogen) atoms. The predicted molar refractivity (Wildman–Crippen MR) is 74.1 cm³/mol. The van der Waals surface area contributed by atoms with Crippen molar-refractivity contribution in [3.8, 4) is 0 Å². The minimum absolute atomic E-state index is 0.0266. The molecule has 0 heterocycles. The topological polar surface area (TPSA) is 17.1 Å². The lowest BCUT2D eigenvalue weighted by molar-refractivity contribution is -0.128. The van der Waals surface area contributed by atoms with E-state index in [0.717, 1.165) is 37.9 Å². The number of thiol groups is 1. The Morgan fingerprint density at radius 3 is 2.88 bits per heavy atom. The summed E-state index contributed by atoms with van der Waals surface area (Å²) < 4.78 is -0.0266. The fourth-order valence-electron chi connectivity index (χ4n) is 2.84. The molecule has 0 radical (unpaired) electrons. The maximum atomic E-state index is 12.0. The Hall–Kier alpha value is 0.110. The van der Waals surface area contributed by atoms with Gasteiger partial charge in [0.15, 0.2) is 0 Å². The quantitative estimate of drug-likeness (QED) is 0.459. The number of Topliss-reactive ketones (excluding diaryl/α,β-unsaturated/α-hetero) is 1. The van der Waals surface area contributed by atoms with Gasteiger partial charge in [-0.1, -0.05) is 18.6 Å². The molecule has 0 aliphatic heterocycles. The van der Waals surface area contributed by atoms with Crippen LogP contribution in [0.1, 0.15) is 46.0 Å².